The van der Waals surface area contributed by atoms with Gasteiger partial charge in [0.15, 0.2) is 0 Å². The van der Waals surface area contributed by atoms with Crippen LogP contribution in [0.5, 0.6) is 0 Å². The summed E-state index contributed by atoms with van der Waals surface area (Å²) in [6, 6.07) is -0.332. The lowest BCUT2D eigenvalue weighted by Crippen LogP contribution is -2.63. The summed E-state index contributed by atoms with van der Waals surface area (Å²) in [5.41, 5.74) is -1.45. The van der Waals surface area contributed by atoms with E-state index >= 15 is 0 Å². The molecule has 2 N–H and O–H groups in total. The molecule has 0 bridgehead atoms. The van der Waals surface area contributed by atoms with Crippen molar-refractivity contribution in [2.24, 2.45) is 0 Å². The third kappa shape index (κ3) is 5.26. The van der Waals surface area contributed by atoms with E-state index in [0.717, 1.165) is 6.54 Å². The summed E-state index contributed by atoms with van der Waals surface area (Å²) in [6.45, 7) is 5.32. The fourth-order valence-electron chi connectivity index (χ4n) is 3.46. The lowest BCUT2D eigenvalue weighted by molar-refractivity contribution is -0.193. The van der Waals surface area contributed by atoms with Crippen LogP contribution < -0.4 is 5.32 Å². The largest absolute Gasteiger partial charge is 0.386 e. The van der Waals surface area contributed by atoms with Gasteiger partial charge < -0.3 is 25.0 Å². The van der Waals surface area contributed by atoms with Gasteiger partial charge in [0, 0.05) is 32.6 Å². The minimum Gasteiger partial charge on any atom is -0.386 e. The zero-order valence-corrected chi connectivity index (χ0v) is 15.7. The average molecular weight is 353 g/mol. The first kappa shape index (κ1) is 19.9. The molecule has 0 radical (unpaired) electrons. The monoisotopic (exact) mass is 353 g/mol. The van der Waals surface area contributed by atoms with Crippen molar-refractivity contribution in [3.05, 3.63) is 12.2 Å². The molecule has 142 valence electrons. The van der Waals surface area contributed by atoms with E-state index in [2.05, 4.69) is 5.32 Å². The summed E-state index contributed by atoms with van der Waals surface area (Å²) in [4.78, 5) is 27.5. The van der Waals surface area contributed by atoms with Gasteiger partial charge >= 0.3 is 0 Å². The SMILES string of the molecule is CC(=O)N[C@H]1CC2(CCN(C(=O)/C=C/CN(C)C)CC2)OC[C@]1(C)O. The summed E-state index contributed by atoms with van der Waals surface area (Å²) in [5, 5.41) is 13.3. The number of hydrogen-bond donors (Lipinski definition) is 2. The summed E-state index contributed by atoms with van der Waals surface area (Å²) in [7, 11) is 3.92. The van der Waals surface area contributed by atoms with Crippen LogP contribution in [-0.2, 0) is 14.3 Å². The van der Waals surface area contributed by atoms with E-state index in [0.29, 0.717) is 32.4 Å². The molecule has 2 fully saturated rings. The average Bonchev–Trinajstić information content (AvgIpc) is 2.51. The first-order chi connectivity index (χ1) is 11.6. The second kappa shape index (κ2) is 7.85. The van der Waals surface area contributed by atoms with Gasteiger partial charge in [0.2, 0.25) is 11.8 Å². The molecule has 0 aromatic carbocycles. The third-order valence-corrected chi connectivity index (χ3v) is 5.09. The van der Waals surface area contributed by atoms with Crippen LogP contribution in [0.15, 0.2) is 12.2 Å². The minimum absolute atomic E-state index is 0.0258. The van der Waals surface area contributed by atoms with E-state index in [1.54, 1.807) is 13.0 Å². The quantitative estimate of drug-likeness (QED) is 0.703. The van der Waals surface area contributed by atoms with Crippen LogP contribution in [0.1, 0.15) is 33.1 Å². The zero-order valence-electron chi connectivity index (χ0n) is 15.7. The zero-order chi connectivity index (χ0) is 18.7. The maximum Gasteiger partial charge on any atom is 0.246 e. The molecule has 2 aliphatic heterocycles. The smallest absolute Gasteiger partial charge is 0.246 e. The number of ether oxygens (including phenoxy) is 1. The van der Waals surface area contributed by atoms with Gasteiger partial charge in [-0.15, -0.1) is 0 Å². The number of likely N-dealkylation sites (tertiary alicyclic amines) is 1. The number of carbonyl (C=O) groups excluding carboxylic acids is 2. The summed E-state index contributed by atoms with van der Waals surface area (Å²) < 4.78 is 6.01. The number of piperidine rings is 1. The molecule has 0 aromatic heterocycles. The second-order valence-corrected chi connectivity index (χ2v) is 7.78. The Morgan fingerprint density at radius 1 is 1.36 bits per heavy atom. The molecule has 0 saturated carbocycles. The molecule has 0 aromatic rings. The molecule has 2 amide bonds. The Kier molecular flexibility index (Phi) is 6.24. The molecule has 2 atom stereocenters. The van der Waals surface area contributed by atoms with E-state index in [9.17, 15) is 14.7 Å². The Labute approximate surface area is 150 Å². The molecule has 1 spiro atoms. The molecular weight excluding hydrogens is 322 g/mol. The molecule has 2 rings (SSSR count). The van der Waals surface area contributed by atoms with Crippen molar-refractivity contribution in [2.75, 3.05) is 40.3 Å². The predicted octanol–water partition coefficient (Wildman–Crippen LogP) is 0.141. The van der Waals surface area contributed by atoms with Gasteiger partial charge in [0.1, 0.15) is 5.60 Å². The third-order valence-electron chi connectivity index (χ3n) is 5.09. The first-order valence-corrected chi connectivity index (χ1v) is 8.87. The topological polar surface area (TPSA) is 82.1 Å². The number of likely N-dealkylation sites (N-methyl/N-ethyl adjacent to an activating group) is 1. The standard InChI is InChI=1S/C18H31N3O4/c1-14(22)19-15-12-18(25-13-17(15,2)24)7-10-21(11-8-18)16(23)6-5-9-20(3)4/h5-6,15,24H,7-13H2,1-4H3,(H,19,22)/b6-5+/t15-,17-/m0/s1. The van der Waals surface area contributed by atoms with E-state index in [1.165, 1.54) is 6.92 Å². The van der Waals surface area contributed by atoms with E-state index in [1.807, 2.05) is 30.0 Å². The number of nitrogens with one attached hydrogen (secondary N) is 1. The van der Waals surface area contributed by atoms with Gasteiger partial charge in [-0.25, -0.2) is 0 Å². The van der Waals surface area contributed by atoms with Crippen LogP contribution >= 0.6 is 0 Å². The fraction of sp³-hybridized carbons (Fsp3) is 0.778. The van der Waals surface area contributed by atoms with Crippen molar-refractivity contribution in [2.45, 2.75) is 50.4 Å². The van der Waals surface area contributed by atoms with Crippen LogP contribution in [0.25, 0.3) is 0 Å². The molecule has 2 aliphatic rings. The lowest BCUT2D eigenvalue weighted by atomic mass is 9.77. The Morgan fingerprint density at radius 3 is 2.56 bits per heavy atom. The molecule has 7 heteroatoms. The molecular formula is C18H31N3O4. The Bertz CT molecular complexity index is 522. The summed E-state index contributed by atoms with van der Waals surface area (Å²) in [6.07, 6.45) is 5.50. The highest BCUT2D eigenvalue weighted by molar-refractivity contribution is 5.87. The van der Waals surface area contributed by atoms with Crippen LogP contribution in [0.3, 0.4) is 0 Å². The number of rotatable bonds is 4. The molecule has 2 saturated heterocycles. The number of nitrogens with zero attached hydrogens (tertiary/aromatic N) is 2. The normalized spacial score (nSPS) is 29.4. The Balaban J connectivity index is 1.93. The highest BCUT2D eigenvalue weighted by Gasteiger charge is 2.48. The van der Waals surface area contributed by atoms with E-state index in [-0.39, 0.29) is 30.1 Å². The highest BCUT2D eigenvalue weighted by atomic mass is 16.5. The second-order valence-electron chi connectivity index (χ2n) is 7.78. The van der Waals surface area contributed by atoms with Crippen molar-refractivity contribution in [1.82, 2.24) is 15.1 Å². The summed E-state index contributed by atoms with van der Waals surface area (Å²) >= 11 is 0. The predicted molar refractivity (Wildman–Crippen MR) is 95.0 cm³/mol. The lowest BCUT2D eigenvalue weighted by Gasteiger charge is -2.50. The first-order valence-electron chi connectivity index (χ1n) is 8.87. The van der Waals surface area contributed by atoms with Gasteiger partial charge in [0.25, 0.3) is 0 Å². The van der Waals surface area contributed by atoms with Crippen molar-refractivity contribution in [3.63, 3.8) is 0 Å². The van der Waals surface area contributed by atoms with Crippen molar-refractivity contribution in [1.29, 1.82) is 0 Å². The van der Waals surface area contributed by atoms with Crippen molar-refractivity contribution in [3.8, 4) is 0 Å². The number of carbonyl (C=O) groups is 2. The van der Waals surface area contributed by atoms with E-state index in [4.69, 9.17) is 4.74 Å². The highest BCUT2D eigenvalue weighted by Crippen LogP contribution is 2.38. The molecule has 25 heavy (non-hydrogen) atoms. The van der Waals surface area contributed by atoms with Crippen molar-refractivity contribution >= 4 is 11.8 Å². The van der Waals surface area contributed by atoms with Gasteiger partial charge in [-0.1, -0.05) is 6.08 Å². The number of aliphatic hydroxyl groups is 1. The van der Waals surface area contributed by atoms with Gasteiger partial charge in [-0.2, -0.15) is 0 Å². The van der Waals surface area contributed by atoms with Gasteiger partial charge in [-0.05, 0) is 40.3 Å². The molecule has 7 nitrogen and oxygen atoms in total. The maximum absolute atomic E-state index is 12.2. The van der Waals surface area contributed by atoms with Crippen molar-refractivity contribution < 1.29 is 19.4 Å². The Hall–Kier alpha value is -1.44. The summed E-state index contributed by atoms with van der Waals surface area (Å²) in [5.74, 6) is -0.126. The van der Waals surface area contributed by atoms with Gasteiger partial charge in [-0.3, -0.25) is 9.59 Å². The molecule has 2 heterocycles. The van der Waals surface area contributed by atoms with Crippen LogP contribution in [0.4, 0.5) is 0 Å². The van der Waals surface area contributed by atoms with E-state index < -0.39 is 5.60 Å². The fourth-order valence-corrected chi connectivity index (χ4v) is 3.46. The van der Waals surface area contributed by atoms with Gasteiger partial charge in [0.05, 0.1) is 18.2 Å². The molecule has 0 aliphatic carbocycles. The maximum atomic E-state index is 12.2. The number of amides is 2. The van der Waals surface area contributed by atoms with Crippen LogP contribution in [-0.4, -0.2) is 84.3 Å². The molecule has 0 unspecified atom stereocenters. The van der Waals surface area contributed by atoms with Crippen LogP contribution in [0, 0.1) is 0 Å². The van der Waals surface area contributed by atoms with Crippen LogP contribution in [0.2, 0.25) is 0 Å². The minimum atomic E-state index is -1.07. The Morgan fingerprint density at radius 2 is 2.00 bits per heavy atom. The number of hydrogen-bond acceptors (Lipinski definition) is 5.